The second-order valence-corrected chi connectivity index (χ2v) is 7.25. The number of aldehydes is 1. The van der Waals surface area contributed by atoms with Crippen molar-refractivity contribution in [1.29, 1.82) is 0 Å². The largest absolute Gasteiger partial charge is 0.477 e. The number of likely N-dealkylation sites (N-methyl/N-ethyl adjacent to an activating group) is 1. The fourth-order valence-electron chi connectivity index (χ4n) is 3.37. The average molecular weight is 420 g/mol. The van der Waals surface area contributed by atoms with Crippen molar-refractivity contribution in [2.24, 2.45) is 0 Å². The number of hydrogen-bond acceptors (Lipinski definition) is 6. The van der Waals surface area contributed by atoms with Gasteiger partial charge >= 0.3 is 5.97 Å². The van der Waals surface area contributed by atoms with Gasteiger partial charge in [0.15, 0.2) is 11.5 Å². The van der Waals surface area contributed by atoms with E-state index >= 15 is 0 Å². The molecule has 0 spiro atoms. The number of hydrogen-bond donors (Lipinski definition) is 1. The Morgan fingerprint density at radius 1 is 1.33 bits per heavy atom. The van der Waals surface area contributed by atoms with Crippen LogP contribution in [-0.2, 0) is 4.79 Å². The quantitative estimate of drug-likeness (QED) is 0.744. The summed E-state index contributed by atoms with van der Waals surface area (Å²) in [7, 11) is 1.99. The molecule has 4 rings (SSSR count). The number of nitrogens with zero attached hydrogens (tertiary/aromatic N) is 4. The third-order valence-electron chi connectivity index (χ3n) is 4.84. The molecular formula is C21H26F2N4O3. The second-order valence-electron chi connectivity index (χ2n) is 7.25. The Morgan fingerprint density at radius 2 is 2.00 bits per heavy atom. The van der Waals surface area contributed by atoms with Gasteiger partial charge in [-0.1, -0.05) is 13.8 Å². The number of carbonyl (C=O) groups is 2. The van der Waals surface area contributed by atoms with E-state index in [0.717, 1.165) is 49.6 Å². The van der Waals surface area contributed by atoms with Crippen molar-refractivity contribution in [3.63, 3.8) is 0 Å². The van der Waals surface area contributed by atoms with Gasteiger partial charge in [-0.25, -0.2) is 18.6 Å². The molecule has 0 radical (unpaired) electrons. The molecule has 1 atom stereocenters. The molecule has 2 aromatic rings. The summed E-state index contributed by atoms with van der Waals surface area (Å²) in [4.78, 5) is 31.9. The van der Waals surface area contributed by atoms with E-state index in [9.17, 15) is 13.6 Å². The molecule has 4 heterocycles. The monoisotopic (exact) mass is 420 g/mol. The lowest BCUT2D eigenvalue weighted by Gasteiger charge is -2.34. The Hall–Kier alpha value is -3.10. The Kier molecular flexibility index (Phi) is 7.79. The minimum absolute atomic E-state index is 0.00407. The van der Waals surface area contributed by atoms with Gasteiger partial charge < -0.3 is 19.7 Å². The van der Waals surface area contributed by atoms with Gasteiger partial charge in [0.1, 0.15) is 17.9 Å². The highest BCUT2D eigenvalue weighted by atomic mass is 19.1. The molecule has 1 N–H and O–H groups in total. The van der Waals surface area contributed by atoms with Crippen LogP contribution in [0.15, 0.2) is 24.4 Å². The second kappa shape index (κ2) is 10.1. The summed E-state index contributed by atoms with van der Waals surface area (Å²) in [5.74, 6) is -1.37. The molecule has 2 aliphatic heterocycles. The third-order valence-corrected chi connectivity index (χ3v) is 4.84. The highest BCUT2D eigenvalue weighted by molar-refractivity contribution is 5.87. The van der Waals surface area contributed by atoms with Crippen molar-refractivity contribution in [2.45, 2.75) is 39.2 Å². The Bertz CT molecular complexity index is 908. The maximum atomic E-state index is 12.8. The van der Waals surface area contributed by atoms with Crippen molar-refractivity contribution in [3.05, 3.63) is 47.4 Å². The number of carboxylic acids is 1. The zero-order chi connectivity index (χ0) is 22.4. The van der Waals surface area contributed by atoms with Crippen molar-refractivity contribution in [2.75, 3.05) is 29.9 Å². The van der Waals surface area contributed by atoms with Crippen LogP contribution in [0.2, 0.25) is 0 Å². The molecule has 1 saturated heterocycles. The van der Waals surface area contributed by atoms with E-state index in [0.29, 0.717) is 11.7 Å². The SMILES string of the molecule is CC(C)c1ncc(F)cc1F.CC=O.CN1c2nc(C(=O)O)ccc2N2CCC1C2. The van der Waals surface area contributed by atoms with E-state index in [-0.39, 0.29) is 11.6 Å². The van der Waals surface area contributed by atoms with Crippen LogP contribution in [0, 0.1) is 11.6 Å². The number of aromatic carboxylic acids is 1. The molecule has 9 heteroatoms. The smallest absolute Gasteiger partial charge is 0.354 e. The van der Waals surface area contributed by atoms with E-state index in [2.05, 4.69) is 19.8 Å². The Labute approximate surface area is 174 Å². The molecule has 0 aromatic carbocycles. The first-order valence-electron chi connectivity index (χ1n) is 9.62. The van der Waals surface area contributed by atoms with Crippen molar-refractivity contribution < 1.29 is 23.5 Å². The number of pyridine rings is 2. The highest BCUT2D eigenvalue weighted by Gasteiger charge is 2.35. The fraction of sp³-hybridized carbons (Fsp3) is 0.429. The van der Waals surface area contributed by atoms with Crippen LogP contribution in [0.5, 0.6) is 0 Å². The fourth-order valence-corrected chi connectivity index (χ4v) is 3.37. The lowest BCUT2D eigenvalue weighted by molar-refractivity contribution is -0.106. The first kappa shape index (κ1) is 23.2. The summed E-state index contributed by atoms with van der Waals surface area (Å²) in [6.45, 7) is 7.13. The first-order chi connectivity index (χ1) is 14.2. The van der Waals surface area contributed by atoms with Gasteiger partial charge in [-0.3, -0.25) is 4.98 Å². The van der Waals surface area contributed by atoms with Gasteiger partial charge in [-0.15, -0.1) is 0 Å². The number of carboxylic acid groups (broad SMARTS) is 1. The summed E-state index contributed by atoms with van der Waals surface area (Å²) in [5, 5.41) is 8.93. The maximum absolute atomic E-state index is 12.8. The van der Waals surface area contributed by atoms with Crippen LogP contribution in [-0.4, -0.2) is 53.5 Å². The zero-order valence-corrected chi connectivity index (χ0v) is 17.5. The lowest BCUT2D eigenvalue weighted by atomic mass is 10.1. The number of carbonyl (C=O) groups excluding carboxylic acids is 1. The van der Waals surface area contributed by atoms with Gasteiger partial charge in [0.2, 0.25) is 0 Å². The molecule has 7 nitrogen and oxygen atoms in total. The topological polar surface area (TPSA) is 86.6 Å². The molecule has 2 aromatic heterocycles. The number of aromatic nitrogens is 2. The van der Waals surface area contributed by atoms with Crippen LogP contribution < -0.4 is 9.80 Å². The summed E-state index contributed by atoms with van der Waals surface area (Å²) in [6, 6.07) is 4.77. The van der Waals surface area contributed by atoms with E-state index in [1.807, 2.05) is 27.0 Å². The van der Waals surface area contributed by atoms with Crippen LogP contribution in [0.1, 0.15) is 49.3 Å². The van der Waals surface area contributed by atoms with E-state index in [4.69, 9.17) is 9.90 Å². The average Bonchev–Trinajstić information content (AvgIpc) is 3.13. The van der Waals surface area contributed by atoms with E-state index < -0.39 is 17.6 Å². The normalized spacial score (nSPS) is 16.2. The van der Waals surface area contributed by atoms with Crippen LogP contribution in [0.4, 0.5) is 20.3 Å². The predicted octanol–water partition coefficient (Wildman–Crippen LogP) is 3.50. The number of halogens is 2. The molecule has 2 bridgehead atoms. The predicted molar refractivity (Wildman–Crippen MR) is 110 cm³/mol. The van der Waals surface area contributed by atoms with Crippen LogP contribution in [0.3, 0.4) is 0 Å². The van der Waals surface area contributed by atoms with Gasteiger partial charge in [0.25, 0.3) is 0 Å². The molecule has 162 valence electrons. The van der Waals surface area contributed by atoms with Crippen molar-refractivity contribution in [3.8, 4) is 0 Å². The van der Waals surface area contributed by atoms with Crippen LogP contribution in [0.25, 0.3) is 0 Å². The minimum Gasteiger partial charge on any atom is -0.477 e. The number of anilines is 2. The standard InChI is InChI=1S/C11H13N3O2.C8H9F2N.C2H4O/c1-13-7-4-5-14(6-7)9-3-2-8(11(15)16)12-10(9)13;1-5(2)8-7(10)3-6(9)4-11-8;1-2-3/h2-3,7H,4-6H2,1H3,(H,15,16);3-5H,1-2H3;2H,1H3. The highest BCUT2D eigenvalue weighted by Crippen LogP contribution is 2.37. The molecule has 2 aliphatic rings. The summed E-state index contributed by atoms with van der Waals surface area (Å²) in [6.07, 6.45) is 2.90. The maximum Gasteiger partial charge on any atom is 0.354 e. The summed E-state index contributed by atoms with van der Waals surface area (Å²) < 4.78 is 25.1. The summed E-state index contributed by atoms with van der Waals surface area (Å²) in [5.41, 5.74) is 1.49. The zero-order valence-electron chi connectivity index (χ0n) is 17.5. The summed E-state index contributed by atoms with van der Waals surface area (Å²) >= 11 is 0. The van der Waals surface area contributed by atoms with E-state index in [1.165, 1.54) is 6.92 Å². The Balaban J connectivity index is 0.000000200. The minimum atomic E-state index is -0.968. The lowest BCUT2D eigenvalue weighted by Crippen LogP contribution is -2.40. The third kappa shape index (κ3) is 5.28. The van der Waals surface area contributed by atoms with Crippen molar-refractivity contribution >= 4 is 23.8 Å². The van der Waals surface area contributed by atoms with Gasteiger partial charge in [-0.2, -0.15) is 0 Å². The molecule has 30 heavy (non-hydrogen) atoms. The molecule has 0 saturated carbocycles. The Morgan fingerprint density at radius 3 is 2.57 bits per heavy atom. The molecule has 0 amide bonds. The number of fused-ring (bicyclic) bond motifs is 4. The van der Waals surface area contributed by atoms with E-state index in [1.54, 1.807) is 6.07 Å². The van der Waals surface area contributed by atoms with Gasteiger partial charge in [0.05, 0.1) is 17.6 Å². The first-order valence-corrected chi connectivity index (χ1v) is 9.62. The molecule has 0 aliphatic carbocycles. The van der Waals surface area contributed by atoms with Crippen molar-refractivity contribution in [1.82, 2.24) is 9.97 Å². The molecule has 1 unspecified atom stereocenters. The molecular weight excluding hydrogens is 394 g/mol. The van der Waals surface area contributed by atoms with Gasteiger partial charge in [0, 0.05) is 32.2 Å². The van der Waals surface area contributed by atoms with Gasteiger partial charge in [-0.05, 0) is 31.4 Å². The number of rotatable bonds is 2. The van der Waals surface area contributed by atoms with Crippen LogP contribution >= 0.6 is 0 Å². The molecule has 1 fully saturated rings.